The van der Waals surface area contributed by atoms with Crippen molar-refractivity contribution in [2.75, 3.05) is 0 Å². The van der Waals surface area contributed by atoms with Crippen molar-refractivity contribution in [1.29, 1.82) is 0 Å². The summed E-state index contributed by atoms with van der Waals surface area (Å²) in [7, 11) is 0. The van der Waals surface area contributed by atoms with Gasteiger partial charge in [-0.3, -0.25) is 4.79 Å². The van der Waals surface area contributed by atoms with Gasteiger partial charge in [0.25, 0.3) is 0 Å². The molecule has 2 nitrogen and oxygen atoms in total. The molecule has 0 fully saturated rings. The first-order valence-electron chi connectivity index (χ1n) is 4.64. The molecule has 4 heteroatoms. The molecule has 0 N–H and O–H groups in total. The molecule has 0 unspecified atom stereocenters. The Morgan fingerprint density at radius 3 is 2.50 bits per heavy atom. The second-order valence-electron chi connectivity index (χ2n) is 3.33. The smallest absolute Gasteiger partial charge is 0.308 e. The maximum atomic E-state index is 10.9. The highest BCUT2D eigenvalue weighted by molar-refractivity contribution is 9.11. The molecule has 0 spiro atoms. The van der Waals surface area contributed by atoms with E-state index in [-0.39, 0.29) is 5.97 Å². The fourth-order valence-electron chi connectivity index (χ4n) is 1.50. The number of rotatable bonds is 1. The molecule has 0 radical (unpaired) electrons. The third kappa shape index (κ3) is 2.28. The van der Waals surface area contributed by atoms with Gasteiger partial charge < -0.3 is 4.74 Å². The zero-order valence-electron chi connectivity index (χ0n) is 8.46. The van der Waals surface area contributed by atoms with Gasteiger partial charge in [-0.25, -0.2) is 0 Å². The molecule has 2 rings (SSSR count). The second kappa shape index (κ2) is 4.55. The molecular weight excluding hydrogens is 336 g/mol. The average molecular weight is 344 g/mol. The summed E-state index contributed by atoms with van der Waals surface area (Å²) in [6.45, 7) is 1.39. The van der Waals surface area contributed by atoms with Crippen LogP contribution in [0.3, 0.4) is 0 Å². The quantitative estimate of drug-likeness (QED) is 0.724. The van der Waals surface area contributed by atoms with Crippen molar-refractivity contribution >= 4 is 37.8 Å². The lowest BCUT2D eigenvalue weighted by Crippen LogP contribution is -2.00. The van der Waals surface area contributed by atoms with Crippen molar-refractivity contribution in [1.82, 2.24) is 0 Å². The van der Waals surface area contributed by atoms with Crippen molar-refractivity contribution in [3.63, 3.8) is 0 Å². The van der Waals surface area contributed by atoms with Crippen LogP contribution in [0.1, 0.15) is 6.92 Å². The lowest BCUT2D eigenvalue weighted by Gasteiger charge is -1.98. The highest BCUT2D eigenvalue weighted by atomic mass is 79.9. The standard InChI is InChI=1S/C12H8Br2O2/c1-7(15)16-8-3-2-4-9-10(5-8)12(14)6-11(9)13/h2-6H,1H3. The Kier molecular flexibility index (Phi) is 3.30. The van der Waals surface area contributed by atoms with E-state index in [2.05, 4.69) is 31.9 Å². The van der Waals surface area contributed by atoms with Gasteiger partial charge in [0.15, 0.2) is 0 Å². The summed E-state index contributed by atoms with van der Waals surface area (Å²) in [6.07, 6.45) is 0. The number of halogens is 2. The molecule has 0 saturated heterocycles. The van der Waals surface area contributed by atoms with Gasteiger partial charge in [0.05, 0.1) is 0 Å². The van der Waals surface area contributed by atoms with Crippen LogP contribution in [0.4, 0.5) is 0 Å². The summed E-state index contributed by atoms with van der Waals surface area (Å²) < 4.78 is 7.06. The van der Waals surface area contributed by atoms with Crippen molar-refractivity contribution in [3.8, 4) is 16.9 Å². The first-order valence-corrected chi connectivity index (χ1v) is 6.23. The normalized spacial score (nSPS) is 10.4. The predicted octanol–water partition coefficient (Wildman–Crippen LogP) is 4.24. The summed E-state index contributed by atoms with van der Waals surface area (Å²) in [5.74, 6) is 0.224. The maximum absolute atomic E-state index is 10.9. The van der Waals surface area contributed by atoms with E-state index in [0.717, 1.165) is 20.1 Å². The molecule has 2 aliphatic rings. The average Bonchev–Trinajstić information content (AvgIpc) is 2.39. The molecule has 0 aromatic heterocycles. The molecule has 0 saturated carbocycles. The van der Waals surface area contributed by atoms with Crippen LogP contribution in [0.2, 0.25) is 0 Å². The van der Waals surface area contributed by atoms with Gasteiger partial charge in [-0.05, 0) is 23.8 Å². The molecule has 0 atom stereocenters. The lowest BCUT2D eigenvalue weighted by atomic mass is 10.2. The molecule has 0 amide bonds. The molecule has 2 aliphatic carbocycles. The number of fused-ring (bicyclic) bond motifs is 1. The molecule has 0 aliphatic heterocycles. The Morgan fingerprint density at radius 1 is 1.12 bits per heavy atom. The number of esters is 1. The van der Waals surface area contributed by atoms with Crippen LogP contribution in [0, 0.1) is 0 Å². The van der Waals surface area contributed by atoms with E-state index in [0.29, 0.717) is 5.75 Å². The van der Waals surface area contributed by atoms with E-state index in [1.54, 1.807) is 6.07 Å². The first-order chi connectivity index (χ1) is 7.58. The predicted molar refractivity (Wildman–Crippen MR) is 69.8 cm³/mol. The SMILES string of the molecule is CC(=O)Oc1cccc2c(Br)cc(Br)c-2c1. The number of carbonyl (C=O) groups is 1. The van der Waals surface area contributed by atoms with Crippen molar-refractivity contribution in [2.24, 2.45) is 0 Å². The topological polar surface area (TPSA) is 26.3 Å². The third-order valence-corrected chi connectivity index (χ3v) is 3.44. The minimum atomic E-state index is -0.318. The number of hydrogen-bond acceptors (Lipinski definition) is 2. The summed E-state index contributed by atoms with van der Waals surface area (Å²) in [4.78, 5) is 10.9. The highest BCUT2D eigenvalue weighted by Crippen LogP contribution is 2.40. The summed E-state index contributed by atoms with van der Waals surface area (Å²) in [5, 5.41) is 0. The largest absolute Gasteiger partial charge is 0.427 e. The fourth-order valence-corrected chi connectivity index (χ4v) is 2.94. The summed E-state index contributed by atoms with van der Waals surface area (Å²) in [5.41, 5.74) is 2.08. The zero-order valence-corrected chi connectivity index (χ0v) is 11.6. The van der Waals surface area contributed by atoms with Gasteiger partial charge in [0.1, 0.15) is 5.75 Å². The van der Waals surface area contributed by atoms with Gasteiger partial charge in [-0.2, -0.15) is 0 Å². The zero-order chi connectivity index (χ0) is 11.7. The van der Waals surface area contributed by atoms with Crippen LogP contribution in [0.25, 0.3) is 11.1 Å². The maximum Gasteiger partial charge on any atom is 0.308 e. The van der Waals surface area contributed by atoms with Crippen LogP contribution < -0.4 is 4.74 Å². The van der Waals surface area contributed by atoms with Gasteiger partial charge in [0.2, 0.25) is 0 Å². The van der Waals surface area contributed by atoms with E-state index < -0.39 is 0 Å². The minimum absolute atomic E-state index is 0.318. The van der Waals surface area contributed by atoms with Gasteiger partial charge >= 0.3 is 5.97 Å². The molecule has 0 aromatic rings. The molecule has 16 heavy (non-hydrogen) atoms. The Hall–Kier alpha value is -0.870. The second-order valence-corrected chi connectivity index (χ2v) is 5.04. The van der Waals surface area contributed by atoms with E-state index in [4.69, 9.17) is 4.74 Å². The van der Waals surface area contributed by atoms with Crippen LogP contribution in [-0.4, -0.2) is 5.97 Å². The third-order valence-electron chi connectivity index (χ3n) is 2.13. The van der Waals surface area contributed by atoms with Crippen LogP contribution in [-0.2, 0) is 4.79 Å². The lowest BCUT2D eigenvalue weighted by molar-refractivity contribution is -0.131. The molecule has 0 aromatic carbocycles. The summed E-state index contributed by atoms with van der Waals surface area (Å²) in [6, 6.07) is 9.41. The molecular formula is C12H8Br2O2. The Bertz CT molecular complexity index is 523. The van der Waals surface area contributed by atoms with Crippen molar-refractivity contribution in [2.45, 2.75) is 6.92 Å². The van der Waals surface area contributed by atoms with E-state index in [9.17, 15) is 4.79 Å². The van der Waals surface area contributed by atoms with Gasteiger partial charge in [-0.15, -0.1) is 0 Å². The Balaban J connectivity index is 2.55. The van der Waals surface area contributed by atoms with Crippen LogP contribution in [0.5, 0.6) is 5.75 Å². The summed E-state index contributed by atoms with van der Waals surface area (Å²) >= 11 is 6.94. The molecule has 0 heterocycles. The van der Waals surface area contributed by atoms with Crippen molar-refractivity contribution < 1.29 is 9.53 Å². The fraction of sp³-hybridized carbons (Fsp3) is 0.0833. The Morgan fingerprint density at radius 2 is 1.81 bits per heavy atom. The first kappa shape index (κ1) is 11.6. The molecule has 82 valence electrons. The Labute approximate surface area is 110 Å². The monoisotopic (exact) mass is 342 g/mol. The minimum Gasteiger partial charge on any atom is -0.427 e. The van der Waals surface area contributed by atoms with E-state index in [1.807, 2.05) is 24.3 Å². The van der Waals surface area contributed by atoms with Crippen LogP contribution in [0.15, 0.2) is 39.3 Å². The van der Waals surface area contributed by atoms with Crippen LogP contribution >= 0.6 is 31.9 Å². The number of ether oxygens (including phenoxy) is 1. The molecule has 0 bridgehead atoms. The number of hydrogen-bond donors (Lipinski definition) is 0. The van der Waals surface area contributed by atoms with E-state index in [1.165, 1.54) is 6.92 Å². The van der Waals surface area contributed by atoms with Crippen molar-refractivity contribution in [3.05, 3.63) is 39.3 Å². The van der Waals surface area contributed by atoms with E-state index >= 15 is 0 Å². The number of carbonyl (C=O) groups excluding carboxylic acids is 1. The van der Waals surface area contributed by atoms with Gasteiger partial charge in [-0.1, -0.05) is 44.0 Å². The van der Waals surface area contributed by atoms with Gasteiger partial charge in [0, 0.05) is 21.4 Å². The highest BCUT2D eigenvalue weighted by Gasteiger charge is 2.12.